The van der Waals surface area contributed by atoms with E-state index < -0.39 is 0 Å². The van der Waals surface area contributed by atoms with Crippen molar-refractivity contribution in [1.29, 1.82) is 0 Å². The van der Waals surface area contributed by atoms with E-state index in [9.17, 15) is 0 Å². The first-order valence-electron chi connectivity index (χ1n) is 6.44. The van der Waals surface area contributed by atoms with Crippen molar-refractivity contribution in [2.45, 2.75) is 20.8 Å². The zero-order chi connectivity index (χ0) is 15.3. The van der Waals surface area contributed by atoms with E-state index >= 15 is 0 Å². The normalized spacial score (nSPS) is 21.4. The molecule has 5 nitrogen and oxygen atoms in total. The van der Waals surface area contributed by atoms with Gasteiger partial charge in [-0.1, -0.05) is 12.7 Å². The van der Waals surface area contributed by atoms with Crippen LogP contribution in [0.25, 0.3) is 0 Å². The quantitative estimate of drug-likeness (QED) is 0.774. The van der Waals surface area contributed by atoms with Crippen LogP contribution in [0.5, 0.6) is 0 Å². The fourth-order valence-electron chi connectivity index (χ4n) is 2.01. The summed E-state index contributed by atoms with van der Waals surface area (Å²) in [4.78, 5) is 10.3. The number of hydrogen-bond acceptors (Lipinski definition) is 4. The van der Waals surface area contributed by atoms with Gasteiger partial charge in [-0.15, -0.1) is 0 Å². The lowest BCUT2D eigenvalue weighted by molar-refractivity contribution is 0.550. The van der Waals surface area contributed by atoms with Crippen molar-refractivity contribution in [3.05, 3.63) is 47.1 Å². The summed E-state index contributed by atoms with van der Waals surface area (Å²) in [5.74, 6) is 0.672. The third kappa shape index (κ3) is 3.05. The molecule has 0 spiro atoms. The van der Waals surface area contributed by atoms with Crippen molar-refractivity contribution in [2.75, 3.05) is 13.7 Å². The molecule has 0 fully saturated rings. The number of nitrogens with two attached hydrogens (primary N) is 1. The molecule has 1 heterocycles. The van der Waals surface area contributed by atoms with Crippen LogP contribution in [0, 0.1) is 0 Å². The Hall–Kier alpha value is -2.14. The summed E-state index contributed by atoms with van der Waals surface area (Å²) in [6.45, 7) is 13.8. The lowest BCUT2D eigenvalue weighted by Crippen LogP contribution is -2.30. The number of nitrogens with one attached hydrogen (secondary N) is 1. The van der Waals surface area contributed by atoms with Gasteiger partial charge in [0.2, 0.25) is 0 Å². The molecule has 0 saturated carbocycles. The Morgan fingerprint density at radius 3 is 2.65 bits per heavy atom. The molecular formula is C15H23N5. The minimum absolute atomic E-state index is 0.193. The van der Waals surface area contributed by atoms with Crippen LogP contribution in [-0.4, -0.2) is 31.2 Å². The fraction of sp³-hybridized carbons (Fsp3) is 0.333. The first-order chi connectivity index (χ1) is 9.47. The average Bonchev–Trinajstić information content (AvgIpc) is 2.51. The molecule has 0 radical (unpaired) electrons. The standard InChI is InChI=1S/C15H23N5/c1-7-8-13-10(2)12(4)20(6)14(11(3)17-5)15(19-13)18-9-16/h7-8H,4-5,9,16H2,1-3,6H3,(H,18,19)/b8-7-,14-11+. The number of hydrogen-bond donors (Lipinski definition) is 2. The first-order valence-corrected chi connectivity index (χ1v) is 6.44. The summed E-state index contributed by atoms with van der Waals surface area (Å²) in [5.41, 5.74) is 10.0. The molecule has 20 heavy (non-hydrogen) atoms. The molecule has 1 rings (SSSR count). The smallest absolute Gasteiger partial charge is 0.152 e. The van der Waals surface area contributed by atoms with Crippen LogP contribution in [0.2, 0.25) is 0 Å². The van der Waals surface area contributed by atoms with Gasteiger partial charge >= 0.3 is 0 Å². The van der Waals surface area contributed by atoms with Crippen molar-refractivity contribution in [3.63, 3.8) is 0 Å². The van der Waals surface area contributed by atoms with Crippen LogP contribution in [0.4, 0.5) is 0 Å². The molecule has 0 aliphatic carbocycles. The van der Waals surface area contributed by atoms with Crippen LogP contribution in [0.15, 0.2) is 57.1 Å². The van der Waals surface area contributed by atoms with Gasteiger partial charge in [-0.05, 0) is 39.1 Å². The van der Waals surface area contributed by atoms with Gasteiger partial charge in [-0.3, -0.25) is 9.98 Å². The SMILES string of the molecule is C=N/C(C)=C1\C(=N/CN)NC(/C=C\C)=C(C)C(=C)N1C. The number of aliphatic imine (C=N–C) groups is 2. The van der Waals surface area contributed by atoms with Crippen molar-refractivity contribution in [1.82, 2.24) is 10.2 Å². The highest BCUT2D eigenvalue weighted by molar-refractivity contribution is 6.00. The molecule has 0 amide bonds. The number of allylic oxidation sites excluding steroid dienone is 4. The highest BCUT2D eigenvalue weighted by atomic mass is 15.2. The summed E-state index contributed by atoms with van der Waals surface area (Å²) >= 11 is 0. The Labute approximate surface area is 121 Å². The van der Waals surface area contributed by atoms with E-state index in [1.807, 2.05) is 44.9 Å². The van der Waals surface area contributed by atoms with Gasteiger partial charge in [0, 0.05) is 18.4 Å². The van der Waals surface area contributed by atoms with Gasteiger partial charge in [0.25, 0.3) is 0 Å². The maximum Gasteiger partial charge on any atom is 0.152 e. The van der Waals surface area contributed by atoms with Crippen molar-refractivity contribution in [2.24, 2.45) is 15.7 Å². The number of rotatable bonds is 3. The van der Waals surface area contributed by atoms with E-state index in [0.717, 1.165) is 28.4 Å². The molecule has 3 N–H and O–H groups in total. The Morgan fingerprint density at radius 2 is 2.15 bits per heavy atom. The molecule has 0 aromatic carbocycles. The summed E-state index contributed by atoms with van der Waals surface area (Å²) in [5, 5.41) is 3.31. The molecular weight excluding hydrogens is 250 g/mol. The maximum atomic E-state index is 5.58. The van der Waals surface area contributed by atoms with Gasteiger partial charge in [0.1, 0.15) is 5.70 Å². The molecule has 0 bridgehead atoms. The van der Waals surface area contributed by atoms with Gasteiger partial charge in [-0.2, -0.15) is 0 Å². The third-order valence-corrected chi connectivity index (χ3v) is 3.22. The summed E-state index contributed by atoms with van der Waals surface area (Å²) in [6.07, 6.45) is 3.95. The molecule has 0 aromatic rings. The Kier molecular flexibility index (Phi) is 5.46. The highest BCUT2D eigenvalue weighted by Gasteiger charge is 2.23. The molecule has 1 aliphatic heterocycles. The predicted molar refractivity (Wildman–Crippen MR) is 86.3 cm³/mol. The second-order valence-electron chi connectivity index (χ2n) is 4.45. The third-order valence-electron chi connectivity index (χ3n) is 3.22. The van der Waals surface area contributed by atoms with Gasteiger partial charge in [0.15, 0.2) is 5.84 Å². The summed E-state index contributed by atoms with van der Waals surface area (Å²) < 4.78 is 0. The second-order valence-corrected chi connectivity index (χ2v) is 4.45. The molecule has 1 aliphatic rings. The lowest BCUT2D eigenvalue weighted by Gasteiger charge is -2.24. The second kappa shape index (κ2) is 6.86. The van der Waals surface area contributed by atoms with Crippen LogP contribution < -0.4 is 11.1 Å². The molecule has 0 atom stereocenters. The first kappa shape index (κ1) is 15.9. The summed E-state index contributed by atoms with van der Waals surface area (Å²) in [6, 6.07) is 0. The van der Waals surface area contributed by atoms with E-state index in [0.29, 0.717) is 5.84 Å². The predicted octanol–water partition coefficient (Wildman–Crippen LogP) is 2.13. The zero-order valence-corrected chi connectivity index (χ0v) is 12.7. The molecule has 5 heteroatoms. The zero-order valence-electron chi connectivity index (χ0n) is 12.7. The lowest BCUT2D eigenvalue weighted by atomic mass is 10.1. The van der Waals surface area contributed by atoms with E-state index in [-0.39, 0.29) is 6.67 Å². The molecule has 108 valence electrons. The van der Waals surface area contributed by atoms with Crippen molar-refractivity contribution >= 4 is 12.6 Å². The number of likely N-dealkylation sites (N-methyl/N-ethyl adjacent to an activating group) is 1. The van der Waals surface area contributed by atoms with E-state index in [2.05, 4.69) is 28.6 Å². The number of nitrogens with zero attached hydrogens (tertiary/aromatic N) is 3. The minimum Gasteiger partial charge on any atom is -0.340 e. The van der Waals surface area contributed by atoms with Crippen molar-refractivity contribution < 1.29 is 0 Å². The topological polar surface area (TPSA) is 66.0 Å². The maximum absolute atomic E-state index is 5.58. The van der Waals surface area contributed by atoms with E-state index in [1.54, 1.807) is 0 Å². The Bertz CT molecular complexity index is 534. The van der Waals surface area contributed by atoms with E-state index in [1.165, 1.54) is 0 Å². The van der Waals surface area contributed by atoms with Gasteiger partial charge < -0.3 is 16.0 Å². The fourth-order valence-corrected chi connectivity index (χ4v) is 2.01. The number of amidine groups is 1. The van der Waals surface area contributed by atoms with Crippen molar-refractivity contribution in [3.8, 4) is 0 Å². The molecule has 0 saturated heterocycles. The average molecular weight is 273 g/mol. The monoisotopic (exact) mass is 273 g/mol. The molecule has 0 unspecified atom stereocenters. The Balaban J connectivity index is 3.53. The highest BCUT2D eigenvalue weighted by Crippen LogP contribution is 2.26. The van der Waals surface area contributed by atoms with Crippen LogP contribution in [0.1, 0.15) is 20.8 Å². The molecule has 0 aromatic heterocycles. The Morgan fingerprint density at radius 1 is 1.50 bits per heavy atom. The van der Waals surface area contributed by atoms with Gasteiger partial charge in [0.05, 0.1) is 12.4 Å². The van der Waals surface area contributed by atoms with Crippen LogP contribution in [-0.2, 0) is 0 Å². The van der Waals surface area contributed by atoms with Crippen LogP contribution >= 0.6 is 0 Å². The van der Waals surface area contributed by atoms with Crippen LogP contribution in [0.3, 0.4) is 0 Å². The van der Waals surface area contributed by atoms with Gasteiger partial charge in [-0.25, -0.2) is 0 Å². The minimum atomic E-state index is 0.193. The van der Waals surface area contributed by atoms with E-state index in [4.69, 9.17) is 5.73 Å². The summed E-state index contributed by atoms with van der Waals surface area (Å²) in [7, 11) is 1.93. The largest absolute Gasteiger partial charge is 0.340 e.